The second kappa shape index (κ2) is 6.37. The summed E-state index contributed by atoms with van der Waals surface area (Å²) in [5.41, 5.74) is 2.93. The Morgan fingerprint density at radius 2 is 2.08 bits per heavy atom. The van der Waals surface area contributed by atoms with Crippen LogP contribution in [0.1, 0.15) is 23.0 Å². The van der Waals surface area contributed by atoms with E-state index >= 15 is 0 Å². The van der Waals surface area contributed by atoms with Crippen LogP contribution in [0.25, 0.3) is 11.3 Å². The molecule has 0 bridgehead atoms. The van der Waals surface area contributed by atoms with Crippen molar-refractivity contribution in [2.75, 3.05) is 5.32 Å². The van der Waals surface area contributed by atoms with Crippen LogP contribution in [0.15, 0.2) is 57.5 Å². The molecule has 0 fully saturated rings. The number of anilines is 1. The first-order chi connectivity index (χ1) is 12.1. The number of amides is 1. The molecule has 2 heterocycles. The maximum Gasteiger partial charge on any atom is 0.277 e. The van der Waals surface area contributed by atoms with E-state index in [0.29, 0.717) is 11.4 Å². The minimum atomic E-state index is -0.319. The molecule has 4 rings (SSSR count). The number of hydrogen-bond donors (Lipinski definition) is 1. The molecule has 0 radical (unpaired) electrons. The molecule has 25 heavy (non-hydrogen) atoms. The molecule has 1 N–H and O–H groups in total. The van der Waals surface area contributed by atoms with Crippen LogP contribution in [-0.4, -0.2) is 17.2 Å². The Kier molecular flexibility index (Phi) is 4.05. The van der Waals surface area contributed by atoms with Gasteiger partial charge in [-0.25, -0.2) is 0 Å². The SMILES string of the molecule is C[C@@H]1Cc2cc(-c3cc(C(=O)Nc4ccccc4Br)no3)ccc2O1. The number of aromatic nitrogens is 1. The van der Waals surface area contributed by atoms with Crippen molar-refractivity contribution in [1.82, 2.24) is 5.16 Å². The van der Waals surface area contributed by atoms with Crippen LogP contribution < -0.4 is 10.1 Å². The van der Waals surface area contributed by atoms with E-state index in [4.69, 9.17) is 9.26 Å². The predicted octanol–water partition coefficient (Wildman–Crippen LogP) is 4.68. The van der Waals surface area contributed by atoms with E-state index in [9.17, 15) is 4.79 Å². The first kappa shape index (κ1) is 15.9. The van der Waals surface area contributed by atoms with Gasteiger partial charge in [-0.3, -0.25) is 4.79 Å². The molecule has 0 saturated carbocycles. The van der Waals surface area contributed by atoms with Gasteiger partial charge in [-0.05, 0) is 58.7 Å². The average Bonchev–Trinajstić information content (AvgIpc) is 3.21. The van der Waals surface area contributed by atoms with Crippen LogP contribution >= 0.6 is 15.9 Å². The van der Waals surface area contributed by atoms with Gasteiger partial charge >= 0.3 is 0 Å². The molecular weight excluding hydrogens is 384 g/mol. The Balaban J connectivity index is 1.55. The van der Waals surface area contributed by atoms with E-state index in [2.05, 4.69) is 26.4 Å². The number of halogens is 1. The van der Waals surface area contributed by atoms with E-state index in [-0.39, 0.29) is 17.7 Å². The Bertz CT molecular complexity index is 951. The quantitative estimate of drug-likeness (QED) is 0.695. The third-order valence-electron chi connectivity index (χ3n) is 4.05. The zero-order valence-electron chi connectivity index (χ0n) is 13.5. The van der Waals surface area contributed by atoms with Gasteiger partial charge in [-0.1, -0.05) is 17.3 Å². The molecule has 2 aromatic carbocycles. The minimum Gasteiger partial charge on any atom is -0.490 e. The maximum absolute atomic E-state index is 12.4. The largest absolute Gasteiger partial charge is 0.490 e. The highest BCUT2D eigenvalue weighted by Gasteiger charge is 2.21. The van der Waals surface area contributed by atoms with Crippen LogP contribution in [0, 0.1) is 0 Å². The van der Waals surface area contributed by atoms with Crippen molar-refractivity contribution in [3.8, 4) is 17.1 Å². The molecule has 5 nitrogen and oxygen atoms in total. The molecule has 1 amide bonds. The molecule has 1 aliphatic rings. The van der Waals surface area contributed by atoms with E-state index < -0.39 is 0 Å². The fraction of sp³-hybridized carbons (Fsp3) is 0.158. The minimum absolute atomic E-state index is 0.186. The van der Waals surface area contributed by atoms with Gasteiger partial charge in [0.2, 0.25) is 0 Å². The van der Waals surface area contributed by atoms with Gasteiger partial charge in [0.15, 0.2) is 11.5 Å². The zero-order valence-corrected chi connectivity index (χ0v) is 15.0. The summed E-state index contributed by atoms with van der Waals surface area (Å²) in [7, 11) is 0. The highest BCUT2D eigenvalue weighted by atomic mass is 79.9. The van der Waals surface area contributed by atoms with Gasteiger partial charge in [0, 0.05) is 22.5 Å². The second-order valence-electron chi connectivity index (χ2n) is 5.97. The van der Waals surface area contributed by atoms with E-state index in [0.717, 1.165) is 27.8 Å². The van der Waals surface area contributed by atoms with Gasteiger partial charge in [-0.15, -0.1) is 0 Å². The number of carbonyl (C=O) groups is 1. The monoisotopic (exact) mass is 398 g/mol. The van der Waals surface area contributed by atoms with Crippen LogP contribution in [0.2, 0.25) is 0 Å². The molecule has 126 valence electrons. The topological polar surface area (TPSA) is 64.4 Å². The smallest absolute Gasteiger partial charge is 0.277 e. The molecular formula is C19H15BrN2O3. The molecule has 0 unspecified atom stereocenters. The van der Waals surface area contributed by atoms with Crippen molar-refractivity contribution in [1.29, 1.82) is 0 Å². The maximum atomic E-state index is 12.4. The summed E-state index contributed by atoms with van der Waals surface area (Å²) in [6.07, 6.45) is 1.05. The number of nitrogens with zero attached hydrogens (tertiary/aromatic N) is 1. The van der Waals surface area contributed by atoms with Gasteiger partial charge < -0.3 is 14.6 Å². The normalized spacial score (nSPS) is 15.5. The fourth-order valence-electron chi connectivity index (χ4n) is 2.84. The van der Waals surface area contributed by atoms with Crippen molar-refractivity contribution < 1.29 is 14.1 Å². The van der Waals surface area contributed by atoms with Crippen molar-refractivity contribution >= 4 is 27.5 Å². The lowest BCUT2D eigenvalue weighted by molar-refractivity contribution is 0.101. The van der Waals surface area contributed by atoms with Gasteiger partial charge in [0.25, 0.3) is 5.91 Å². The number of rotatable bonds is 3. The number of nitrogens with one attached hydrogen (secondary N) is 1. The summed E-state index contributed by atoms with van der Waals surface area (Å²) in [6.45, 7) is 2.04. The summed E-state index contributed by atoms with van der Waals surface area (Å²) < 4.78 is 11.9. The van der Waals surface area contributed by atoms with Crippen LogP contribution in [0.5, 0.6) is 5.75 Å². The van der Waals surface area contributed by atoms with Crippen LogP contribution in [0.4, 0.5) is 5.69 Å². The average molecular weight is 399 g/mol. The molecule has 0 saturated heterocycles. The summed E-state index contributed by atoms with van der Waals surface area (Å²) in [6, 6.07) is 14.9. The van der Waals surface area contributed by atoms with Crippen LogP contribution in [-0.2, 0) is 6.42 Å². The molecule has 1 atom stereocenters. The highest BCUT2D eigenvalue weighted by Crippen LogP contribution is 2.33. The zero-order chi connectivity index (χ0) is 17.4. The Hall–Kier alpha value is -2.60. The van der Waals surface area contributed by atoms with Gasteiger partial charge in [0.05, 0.1) is 5.69 Å². The molecule has 0 spiro atoms. The van der Waals surface area contributed by atoms with Gasteiger partial charge in [0.1, 0.15) is 11.9 Å². The number of ether oxygens (including phenoxy) is 1. The number of benzene rings is 2. The van der Waals surface area contributed by atoms with E-state index in [1.165, 1.54) is 0 Å². The Morgan fingerprint density at radius 3 is 2.92 bits per heavy atom. The van der Waals surface area contributed by atoms with Crippen LogP contribution in [0.3, 0.4) is 0 Å². The first-order valence-corrected chi connectivity index (χ1v) is 8.72. The fourth-order valence-corrected chi connectivity index (χ4v) is 3.23. The summed E-state index contributed by atoms with van der Waals surface area (Å²) in [5, 5.41) is 6.70. The van der Waals surface area contributed by atoms with E-state index in [1.807, 2.05) is 49.4 Å². The number of para-hydroxylation sites is 1. The third-order valence-corrected chi connectivity index (χ3v) is 4.74. The van der Waals surface area contributed by atoms with Crippen molar-refractivity contribution in [3.05, 3.63) is 64.3 Å². The standard InChI is InChI=1S/C19H15BrN2O3/c1-11-8-13-9-12(6-7-17(13)24-11)18-10-16(22-25-18)19(23)21-15-5-3-2-4-14(15)20/h2-7,9-11H,8H2,1H3,(H,21,23)/t11-/m1/s1. The summed E-state index contributed by atoms with van der Waals surface area (Å²) >= 11 is 3.40. The van der Waals surface area contributed by atoms with E-state index in [1.54, 1.807) is 6.07 Å². The second-order valence-corrected chi connectivity index (χ2v) is 6.82. The third kappa shape index (κ3) is 3.17. The number of carbonyl (C=O) groups excluding carboxylic acids is 1. The lowest BCUT2D eigenvalue weighted by atomic mass is 10.1. The highest BCUT2D eigenvalue weighted by molar-refractivity contribution is 9.10. The van der Waals surface area contributed by atoms with Crippen molar-refractivity contribution in [3.63, 3.8) is 0 Å². The summed E-state index contributed by atoms with van der Waals surface area (Å²) in [5.74, 6) is 1.14. The molecule has 1 aromatic heterocycles. The Morgan fingerprint density at radius 1 is 1.24 bits per heavy atom. The lowest BCUT2D eigenvalue weighted by Crippen LogP contribution is -2.12. The molecule has 0 aliphatic carbocycles. The lowest BCUT2D eigenvalue weighted by Gasteiger charge is -2.04. The first-order valence-electron chi connectivity index (χ1n) is 7.93. The number of hydrogen-bond acceptors (Lipinski definition) is 4. The molecule has 3 aromatic rings. The number of fused-ring (bicyclic) bond motifs is 1. The van der Waals surface area contributed by atoms with Crippen molar-refractivity contribution in [2.24, 2.45) is 0 Å². The summed E-state index contributed by atoms with van der Waals surface area (Å²) in [4.78, 5) is 12.4. The molecule has 6 heteroatoms. The predicted molar refractivity (Wildman–Crippen MR) is 97.8 cm³/mol. The molecule has 1 aliphatic heterocycles. The van der Waals surface area contributed by atoms with Crippen molar-refractivity contribution in [2.45, 2.75) is 19.4 Å². The van der Waals surface area contributed by atoms with Gasteiger partial charge in [-0.2, -0.15) is 0 Å². The Labute approximate surface area is 153 Å².